The Kier molecular flexibility index (Phi) is 8.63. The van der Waals surface area contributed by atoms with E-state index in [2.05, 4.69) is 32.2 Å². The molecule has 0 atom stereocenters. The second kappa shape index (κ2) is 12.3. The maximum absolute atomic E-state index is 11.9. The molecule has 9 heteroatoms. The van der Waals surface area contributed by atoms with E-state index in [0.717, 1.165) is 21.5 Å². The summed E-state index contributed by atoms with van der Waals surface area (Å²) in [6.45, 7) is 3.81. The third-order valence-electron chi connectivity index (χ3n) is 5.75. The van der Waals surface area contributed by atoms with Crippen molar-refractivity contribution in [2.45, 2.75) is 30.1 Å². The Morgan fingerprint density at radius 1 is 0.974 bits per heavy atom. The molecular formula is C30H27N3O5S. The largest absolute Gasteiger partial charge is 0.507 e. The predicted molar refractivity (Wildman–Crippen MR) is 152 cm³/mol. The highest BCUT2D eigenvalue weighted by atomic mass is 32.2. The molecule has 39 heavy (non-hydrogen) atoms. The number of H-pyrrole nitrogens is 1. The average molecular weight is 542 g/mol. The molecule has 0 spiro atoms. The van der Waals surface area contributed by atoms with Crippen molar-refractivity contribution in [2.24, 2.45) is 0 Å². The summed E-state index contributed by atoms with van der Waals surface area (Å²) in [5.41, 5.74) is 3.59. The number of rotatable bonds is 5. The number of hydrogen-bond donors (Lipinski definition) is 3. The zero-order chi connectivity index (χ0) is 27.9. The summed E-state index contributed by atoms with van der Waals surface area (Å²) >= 11 is 1.67. The lowest BCUT2D eigenvalue weighted by molar-refractivity contribution is -0.112. The van der Waals surface area contributed by atoms with Crippen LogP contribution in [0.15, 0.2) is 99.8 Å². The summed E-state index contributed by atoms with van der Waals surface area (Å²) in [5, 5.41) is 12.6. The number of carbonyl (C=O) groups excluding carboxylic acids is 3. The Hall–Kier alpha value is -4.63. The molecule has 0 saturated heterocycles. The van der Waals surface area contributed by atoms with E-state index < -0.39 is 17.7 Å². The van der Waals surface area contributed by atoms with Gasteiger partial charge in [0.15, 0.2) is 0 Å². The number of ketones is 2. The molecule has 0 bridgehead atoms. The lowest BCUT2D eigenvalue weighted by Gasteiger charge is -2.16. The molecule has 198 valence electrons. The van der Waals surface area contributed by atoms with E-state index in [4.69, 9.17) is 0 Å². The Labute approximate surface area is 229 Å². The first-order valence-electron chi connectivity index (χ1n) is 12.1. The smallest absolute Gasteiger partial charge is 0.413 e. The van der Waals surface area contributed by atoms with Crippen LogP contribution in [0.25, 0.3) is 16.8 Å². The lowest BCUT2D eigenvalue weighted by atomic mass is 9.87. The fraction of sp³-hybridized carbons (Fsp3) is 0.133. The number of benzene rings is 3. The van der Waals surface area contributed by atoms with Gasteiger partial charge in [-0.3, -0.25) is 14.9 Å². The number of imidazole rings is 1. The number of Topliss-reactive ketones (excluding diaryl/α,β-unsaturated/α-hetero) is 2. The molecule has 3 N–H and O–H groups in total. The maximum Gasteiger partial charge on any atom is 0.413 e. The molecule has 0 aliphatic heterocycles. The molecular weight excluding hydrogens is 514 g/mol. The second-order valence-corrected chi connectivity index (χ2v) is 9.96. The SMILES string of the molecule is CC(C)=CCC1=C(O)c2ccccc2C(=O)C1=O.COC(=O)Nc1nc2ccc(Sc3ccccc3)cc2[nH]1. The third-order valence-corrected chi connectivity index (χ3v) is 6.74. The van der Waals surface area contributed by atoms with Gasteiger partial charge in [0.25, 0.3) is 0 Å². The minimum absolute atomic E-state index is 0.0762. The number of hydrogen-bond acceptors (Lipinski definition) is 7. The molecule has 8 nitrogen and oxygen atoms in total. The standard InChI is InChI=1S/C15H13N3O2S.C15H14O3/c1-20-15(19)18-14-16-12-8-7-11(9-13(12)17-14)21-10-5-3-2-4-6-10;1-9(2)7-8-12-13(16)10-5-3-4-6-11(10)14(17)15(12)18/h2-9H,1H3,(H2,16,17,18,19);3-7,16H,8H2,1-2H3. The number of aliphatic hydroxyl groups is 1. The molecule has 3 aromatic carbocycles. The zero-order valence-electron chi connectivity index (χ0n) is 21.6. The normalized spacial score (nSPS) is 12.4. The van der Waals surface area contributed by atoms with Crippen molar-refractivity contribution in [1.82, 2.24) is 9.97 Å². The van der Waals surface area contributed by atoms with Gasteiger partial charge in [-0.05, 0) is 50.6 Å². The van der Waals surface area contributed by atoms with Gasteiger partial charge < -0.3 is 14.8 Å². The molecule has 5 rings (SSSR count). The number of aromatic nitrogens is 2. The topological polar surface area (TPSA) is 121 Å². The third kappa shape index (κ3) is 6.63. The van der Waals surface area contributed by atoms with Crippen molar-refractivity contribution in [3.63, 3.8) is 0 Å². The summed E-state index contributed by atoms with van der Waals surface area (Å²) in [5.74, 6) is -0.851. The number of aromatic amines is 1. The molecule has 4 aromatic rings. The van der Waals surface area contributed by atoms with E-state index >= 15 is 0 Å². The van der Waals surface area contributed by atoms with Gasteiger partial charge in [0.1, 0.15) is 5.76 Å². The zero-order valence-corrected chi connectivity index (χ0v) is 22.5. The number of allylic oxidation sites excluding steroid dienone is 3. The van der Waals surface area contributed by atoms with Gasteiger partial charge in [0.2, 0.25) is 17.5 Å². The van der Waals surface area contributed by atoms with Crippen LogP contribution in [-0.4, -0.2) is 39.8 Å². The van der Waals surface area contributed by atoms with Crippen LogP contribution in [0.1, 0.15) is 36.2 Å². The highest BCUT2D eigenvalue weighted by Crippen LogP contribution is 2.30. The summed E-state index contributed by atoms with van der Waals surface area (Å²) in [4.78, 5) is 44.6. The molecule has 1 heterocycles. The van der Waals surface area contributed by atoms with Crippen LogP contribution in [0.2, 0.25) is 0 Å². The van der Waals surface area contributed by atoms with Crippen molar-refractivity contribution in [3.05, 3.63) is 101 Å². The van der Waals surface area contributed by atoms with Crippen molar-refractivity contribution < 1.29 is 24.2 Å². The minimum Gasteiger partial charge on any atom is -0.507 e. The fourth-order valence-electron chi connectivity index (χ4n) is 3.80. The molecule has 1 aliphatic rings. The van der Waals surface area contributed by atoms with E-state index in [9.17, 15) is 19.5 Å². The number of anilines is 1. The fourth-order valence-corrected chi connectivity index (χ4v) is 4.67. The van der Waals surface area contributed by atoms with E-state index in [1.165, 1.54) is 12.0 Å². The Morgan fingerprint density at radius 3 is 2.36 bits per heavy atom. The van der Waals surface area contributed by atoms with Crippen molar-refractivity contribution >= 4 is 52.2 Å². The minimum atomic E-state index is -0.608. The summed E-state index contributed by atoms with van der Waals surface area (Å²) in [7, 11) is 1.31. The van der Waals surface area contributed by atoms with Gasteiger partial charge >= 0.3 is 6.09 Å². The molecule has 0 radical (unpaired) electrons. The molecule has 0 unspecified atom stereocenters. The van der Waals surface area contributed by atoms with Crippen molar-refractivity contribution in [3.8, 4) is 0 Å². The number of ether oxygens (including phenoxy) is 1. The van der Waals surface area contributed by atoms with Crippen molar-refractivity contribution in [2.75, 3.05) is 12.4 Å². The van der Waals surface area contributed by atoms with Gasteiger partial charge in [0, 0.05) is 26.5 Å². The lowest BCUT2D eigenvalue weighted by Crippen LogP contribution is -2.23. The first-order valence-corrected chi connectivity index (χ1v) is 12.9. The Balaban J connectivity index is 0.000000183. The second-order valence-electron chi connectivity index (χ2n) is 8.81. The quantitative estimate of drug-likeness (QED) is 0.184. The molecule has 1 aliphatic carbocycles. The number of nitrogens with one attached hydrogen (secondary N) is 2. The number of nitrogens with zero attached hydrogens (tertiary/aromatic N) is 1. The first-order chi connectivity index (χ1) is 18.8. The Bertz CT molecular complexity index is 1600. The van der Waals surface area contributed by atoms with E-state index in [0.29, 0.717) is 11.5 Å². The van der Waals surface area contributed by atoms with Crippen LogP contribution >= 0.6 is 11.8 Å². The van der Waals surface area contributed by atoms with Crippen molar-refractivity contribution in [1.29, 1.82) is 0 Å². The first kappa shape index (κ1) is 27.4. The highest BCUT2D eigenvalue weighted by molar-refractivity contribution is 7.99. The molecule has 0 saturated carbocycles. The van der Waals surface area contributed by atoms with E-state index in [-0.39, 0.29) is 23.3 Å². The van der Waals surface area contributed by atoms with Crippen LogP contribution in [0.3, 0.4) is 0 Å². The van der Waals surface area contributed by atoms with Gasteiger partial charge in [-0.25, -0.2) is 9.78 Å². The van der Waals surface area contributed by atoms with E-state index in [1.807, 2.05) is 56.3 Å². The average Bonchev–Trinajstić information content (AvgIpc) is 3.34. The molecule has 0 fully saturated rings. The number of amides is 1. The number of fused-ring (bicyclic) bond motifs is 2. The summed E-state index contributed by atoms with van der Waals surface area (Å²) in [6.07, 6.45) is 1.56. The predicted octanol–water partition coefficient (Wildman–Crippen LogP) is 6.97. The summed E-state index contributed by atoms with van der Waals surface area (Å²) in [6, 6.07) is 22.7. The number of carbonyl (C=O) groups is 3. The Morgan fingerprint density at radius 2 is 1.67 bits per heavy atom. The van der Waals surface area contributed by atoms with Crippen LogP contribution in [-0.2, 0) is 9.53 Å². The van der Waals surface area contributed by atoms with E-state index in [1.54, 1.807) is 36.0 Å². The number of methoxy groups -OCH3 is 1. The molecule has 1 amide bonds. The van der Waals surface area contributed by atoms with Crippen LogP contribution in [0.5, 0.6) is 0 Å². The van der Waals surface area contributed by atoms with Crippen LogP contribution in [0, 0.1) is 0 Å². The van der Waals surface area contributed by atoms with Crippen LogP contribution in [0.4, 0.5) is 10.7 Å². The number of aliphatic hydroxyl groups excluding tert-OH is 1. The maximum atomic E-state index is 11.9. The van der Waals surface area contributed by atoms with Gasteiger partial charge in [-0.1, -0.05) is 65.9 Å². The van der Waals surface area contributed by atoms with Gasteiger partial charge in [-0.2, -0.15) is 0 Å². The monoisotopic (exact) mass is 541 g/mol. The van der Waals surface area contributed by atoms with Gasteiger partial charge in [-0.15, -0.1) is 0 Å². The van der Waals surface area contributed by atoms with Crippen LogP contribution < -0.4 is 5.32 Å². The highest BCUT2D eigenvalue weighted by Gasteiger charge is 2.31. The van der Waals surface area contributed by atoms with Gasteiger partial charge in [0.05, 0.1) is 18.1 Å². The summed E-state index contributed by atoms with van der Waals surface area (Å²) < 4.78 is 4.54. The molecule has 1 aromatic heterocycles.